The fraction of sp³-hybridized carbons (Fsp3) is 0.912. The first-order valence-corrected chi connectivity index (χ1v) is 18.4. The first-order chi connectivity index (χ1) is 24.3. The fourth-order valence-corrected chi connectivity index (χ4v) is 7.92. The molecule has 4 aliphatic rings. The average Bonchev–Trinajstić information content (AvgIpc) is 3.11. The number of nitrogens with two attached hydrogens (primary N) is 1. The van der Waals surface area contributed by atoms with Gasteiger partial charge < -0.3 is 70.7 Å². The highest BCUT2D eigenvalue weighted by molar-refractivity contribution is 5.78. The Kier molecular flexibility index (Phi) is 15.8. The number of aliphatic carboxylic acids is 1. The van der Waals surface area contributed by atoms with E-state index in [4.69, 9.17) is 29.4 Å². The lowest BCUT2D eigenvalue weighted by molar-refractivity contribution is -0.338. The number of amides is 2. The Bertz CT molecular complexity index is 1130. The van der Waals surface area contributed by atoms with Crippen molar-refractivity contribution in [1.29, 1.82) is 0 Å². The quantitative estimate of drug-likeness (QED) is 0.0926. The molecule has 4 fully saturated rings. The van der Waals surface area contributed by atoms with Crippen LogP contribution in [0.1, 0.15) is 78.6 Å². The van der Waals surface area contributed by atoms with E-state index in [0.29, 0.717) is 12.8 Å². The highest BCUT2D eigenvalue weighted by atomic mass is 16.7. The number of aliphatic hydroxyl groups excluding tert-OH is 5. The minimum absolute atomic E-state index is 0.0606. The van der Waals surface area contributed by atoms with Gasteiger partial charge in [0.2, 0.25) is 11.8 Å². The molecule has 0 aromatic carbocycles. The Morgan fingerprint density at radius 3 is 2.24 bits per heavy atom. The number of hydrogen-bond acceptors (Lipinski definition) is 14. The molecule has 0 radical (unpaired) electrons. The second kappa shape index (κ2) is 19.3. The van der Waals surface area contributed by atoms with E-state index in [1.165, 1.54) is 13.8 Å². The third-order valence-electron chi connectivity index (χ3n) is 10.8. The van der Waals surface area contributed by atoms with Crippen LogP contribution in [0.15, 0.2) is 0 Å². The number of nitrogens with one attached hydrogen (secondary N) is 2. The summed E-state index contributed by atoms with van der Waals surface area (Å²) in [6.07, 6.45) is -9.92. The van der Waals surface area contributed by atoms with E-state index in [2.05, 4.69) is 10.6 Å². The molecule has 294 valence electrons. The van der Waals surface area contributed by atoms with Gasteiger partial charge in [-0.05, 0) is 38.0 Å². The topological polar surface area (TPSA) is 269 Å². The lowest BCUT2D eigenvalue weighted by Crippen LogP contribution is -2.67. The van der Waals surface area contributed by atoms with Gasteiger partial charge in [-0.1, -0.05) is 45.4 Å². The zero-order chi connectivity index (χ0) is 37.4. The van der Waals surface area contributed by atoms with E-state index in [-0.39, 0.29) is 43.7 Å². The van der Waals surface area contributed by atoms with E-state index >= 15 is 0 Å². The van der Waals surface area contributed by atoms with E-state index in [0.717, 1.165) is 32.1 Å². The van der Waals surface area contributed by atoms with Crippen molar-refractivity contribution < 1.29 is 68.7 Å². The second-order valence-electron chi connectivity index (χ2n) is 14.5. The van der Waals surface area contributed by atoms with Crippen molar-refractivity contribution in [3.63, 3.8) is 0 Å². The monoisotopic (exact) mass is 733 g/mol. The number of carbonyl (C=O) groups is 3. The molecule has 2 saturated carbocycles. The number of hydrogen-bond donors (Lipinski definition) is 9. The summed E-state index contributed by atoms with van der Waals surface area (Å²) in [7, 11) is 0. The van der Waals surface area contributed by atoms with Crippen molar-refractivity contribution in [2.45, 2.75) is 158 Å². The summed E-state index contributed by atoms with van der Waals surface area (Å²) in [5, 5.41) is 68.8. The number of aliphatic hydroxyl groups is 5. The van der Waals surface area contributed by atoms with Crippen LogP contribution in [-0.4, -0.2) is 148 Å². The van der Waals surface area contributed by atoms with Gasteiger partial charge in [0.15, 0.2) is 18.7 Å². The number of carbonyl (C=O) groups excluding carboxylic acids is 2. The minimum Gasteiger partial charge on any atom is -0.479 e. The van der Waals surface area contributed by atoms with Gasteiger partial charge in [0, 0.05) is 25.9 Å². The molecule has 17 nitrogen and oxygen atoms in total. The normalized spacial score (nSPS) is 39.9. The van der Waals surface area contributed by atoms with Gasteiger partial charge in [0.05, 0.1) is 24.9 Å². The van der Waals surface area contributed by atoms with Gasteiger partial charge in [0.1, 0.15) is 42.7 Å². The molecule has 15 atom stereocenters. The molecule has 2 aliphatic heterocycles. The highest BCUT2D eigenvalue weighted by Gasteiger charge is 2.52. The second-order valence-corrected chi connectivity index (χ2v) is 14.5. The van der Waals surface area contributed by atoms with Gasteiger partial charge in [-0.15, -0.1) is 0 Å². The summed E-state index contributed by atoms with van der Waals surface area (Å²) in [4.78, 5) is 38.3. The Morgan fingerprint density at radius 2 is 1.63 bits per heavy atom. The van der Waals surface area contributed by atoms with Gasteiger partial charge in [-0.3, -0.25) is 9.59 Å². The largest absolute Gasteiger partial charge is 0.479 e. The van der Waals surface area contributed by atoms with Gasteiger partial charge in [-0.25, -0.2) is 4.79 Å². The molecule has 0 bridgehead atoms. The van der Waals surface area contributed by atoms with Crippen LogP contribution in [0.3, 0.4) is 0 Å². The maximum atomic E-state index is 13.3. The summed E-state index contributed by atoms with van der Waals surface area (Å²) < 4.78 is 30.8. The number of carboxylic acids is 1. The Labute approximate surface area is 298 Å². The Hall–Kier alpha value is -2.03. The molecule has 0 aromatic heterocycles. The van der Waals surface area contributed by atoms with Crippen LogP contribution in [0.5, 0.6) is 0 Å². The van der Waals surface area contributed by atoms with Gasteiger partial charge >= 0.3 is 5.97 Å². The van der Waals surface area contributed by atoms with Crippen molar-refractivity contribution >= 4 is 17.8 Å². The van der Waals surface area contributed by atoms with Crippen LogP contribution in [0.4, 0.5) is 0 Å². The molecule has 0 spiro atoms. The van der Waals surface area contributed by atoms with Crippen LogP contribution in [0.2, 0.25) is 0 Å². The summed E-state index contributed by atoms with van der Waals surface area (Å²) >= 11 is 0. The summed E-state index contributed by atoms with van der Waals surface area (Å²) in [6.45, 7) is 4.41. The molecule has 2 aliphatic carbocycles. The van der Waals surface area contributed by atoms with Crippen LogP contribution < -0.4 is 16.4 Å². The summed E-state index contributed by atoms with van der Waals surface area (Å²) in [5.41, 5.74) is 5.62. The van der Waals surface area contributed by atoms with Crippen LogP contribution in [0, 0.1) is 17.8 Å². The third-order valence-corrected chi connectivity index (χ3v) is 10.8. The van der Waals surface area contributed by atoms with E-state index in [1.807, 2.05) is 6.92 Å². The SMILES string of the molecule is CCC1CC(C(=O)NCCN)C[C@@H](O[C@@H]2O[C@@H](CO)[C@H](O)C(O[C@@H](CC3CCCCC3)C(=O)O)C2NC(C)=O)[C@@H]1OC1O[C@@H](C)C(O)[C@H](O)[C@@H]1O. The van der Waals surface area contributed by atoms with Gasteiger partial charge in [0.25, 0.3) is 0 Å². The van der Waals surface area contributed by atoms with Crippen molar-refractivity contribution in [2.75, 3.05) is 19.7 Å². The first kappa shape index (κ1) is 41.7. The van der Waals surface area contributed by atoms with Crippen molar-refractivity contribution in [3.05, 3.63) is 0 Å². The number of ether oxygens (including phenoxy) is 5. The van der Waals surface area contributed by atoms with E-state index in [1.54, 1.807) is 0 Å². The molecule has 17 heteroatoms. The van der Waals surface area contributed by atoms with Crippen LogP contribution >= 0.6 is 0 Å². The first-order valence-electron chi connectivity index (χ1n) is 18.4. The predicted octanol–water partition coefficient (Wildman–Crippen LogP) is -1.51. The summed E-state index contributed by atoms with van der Waals surface area (Å²) in [6, 6.07) is -1.27. The van der Waals surface area contributed by atoms with E-state index in [9.17, 15) is 45.0 Å². The van der Waals surface area contributed by atoms with Gasteiger partial charge in [-0.2, -0.15) is 0 Å². The molecular weight excluding hydrogens is 674 g/mol. The molecule has 4 rings (SSSR count). The lowest BCUT2D eigenvalue weighted by atomic mass is 9.75. The maximum absolute atomic E-state index is 13.3. The van der Waals surface area contributed by atoms with Crippen molar-refractivity contribution in [2.24, 2.45) is 23.5 Å². The van der Waals surface area contributed by atoms with Crippen LogP contribution in [0.25, 0.3) is 0 Å². The lowest BCUT2D eigenvalue weighted by Gasteiger charge is -2.49. The average molecular weight is 734 g/mol. The smallest absolute Gasteiger partial charge is 0.332 e. The van der Waals surface area contributed by atoms with Crippen LogP contribution in [-0.2, 0) is 38.1 Å². The number of rotatable bonds is 15. The molecule has 10 N–H and O–H groups in total. The third kappa shape index (κ3) is 10.6. The standard InChI is InChI=1S/C34H59N3O14/c1-4-19-13-20(31(44)36-11-10-35)14-21(29(19)51-34-28(43)27(42)25(40)16(2)47-34)49-33-24(37-17(3)39)30(26(41)23(15-38)50-33)48-22(32(45)46)12-18-8-6-5-7-9-18/h16,18-30,33-34,38,40-43H,4-15,35H2,1-3H3,(H,36,44)(H,37,39)(H,45,46)/t16-,19?,20?,21+,22-,23-,24?,25?,26-,27-,28-,29+,30?,33+,34?/m0/s1. The number of carboxylic acid groups (broad SMARTS) is 1. The zero-order valence-corrected chi connectivity index (χ0v) is 29.7. The molecule has 0 aromatic rings. The maximum Gasteiger partial charge on any atom is 0.332 e. The highest BCUT2D eigenvalue weighted by Crippen LogP contribution is 2.40. The molecule has 2 heterocycles. The molecule has 2 saturated heterocycles. The fourth-order valence-electron chi connectivity index (χ4n) is 7.92. The molecule has 51 heavy (non-hydrogen) atoms. The molecular formula is C34H59N3O14. The molecule has 2 amide bonds. The minimum atomic E-state index is -1.62. The predicted molar refractivity (Wildman–Crippen MR) is 178 cm³/mol. The van der Waals surface area contributed by atoms with E-state index < -0.39 is 104 Å². The molecule has 6 unspecified atom stereocenters. The summed E-state index contributed by atoms with van der Waals surface area (Å²) in [5.74, 6) is -2.91. The van der Waals surface area contributed by atoms with Crippen molar-refractivity contribution in [1.82, 2.24) is 10.6 Å². The van der Waals surface area contributed by atoms with Crippen molar-refractivity contribution in [3.8, 4) is 0 Å². The zero-order valence-electron chi connectivity index (χ0n) is 29.7. The Balaban J connectivity index is 1.66. The Morgan fingerprint density at radius 1 is 0.922 bits per heavy atom.